The SMILES string of the molecule is CCOc1ccc(C2C(S(=O)(=O)c3ccc(C)cc3)=C(O)C(=O)N2Cc2ccc(C)cc2)cc1. The third-order valence-corrected chi connectivity index (χ3v) is 7.75. The molecule has 7 heteroatoms. The molecule has 1 N–H and O–H groups in total. The summed E-state index contributed by atoms with van der Waals surface area (Å²) in [5.41, 5.74) is 3.38. The largest absolute Gasteiger partial charge is 0.502 e. The van der Waals surface area contributed by atoms with Gasteiger partial charge in [0.25, 0.3) is 5.91 Å². The van der Waals surface area contributed by atoms with E-state index < -0.39 is 27.5 Å². The molecule has 1 atom stereocenters. The van der Waals surface area contributed by atoms with E-state index >= 15 is 0 Å². The molecule has 3 aromatic rings. The van der Waals surface area contributed by atoms with Crippen LogP contribution in [-0.2, 0) is 21.2 Å². The van der Waals surface area contributed by atoms with Crippen LogP contribution < -0.4 is 4.74 Å². The molecule has 0 saturated heterocycles. The van der Waals surface area contributed by atoms with Crippen LogP contribution in [0.4, 0.5) is 0 Å². The number of amides is 1. The van der Waals surface area contributed by atoms with E-state index in [1.165, 1.54) is 17.0 Å². The van der Waals surface area contributed by atoms with Gasteiger partial charge in [0.1, 0.15) is 10.7 Å². The first-order chi connectivity index (χ1) is 16.2. The van der Waals surface area contributed by atoms with Crippen molar-refractivity contribution >= 4 is 15.7 Å². The van der Waals surface area contributed by atoms with Gasteiger partial charge in [0, 0.05) is 6.54 Å². The zero-order chi connectivity index (χ0) is 24.5. The third kappa shape index (κ3) is 4.43. The average Bonchev–Trinajstić information content (AvgIpc) is 3.07. The number of aliphatic hydroxyl groups is 1. The Balaban J connectivity index is 1.82. The molecule has 0 spiro atoms. The minimum Gasteiger partial charge on any atom is -0.502 e. The van der Waals surface area contributed by atoms with Gasteiger partial charge in [0.2, 0.25) is 9.84 Å². The van der Waals surface area contributed by atoms with Crippen LogP contribution in [0.2, 0.25) is 0 Å². The second kappa shape index (κ2) is 9.35. The maximum atomic E-state index is 13.7. The predicted molar refractivity (Wildman–Crippen MR) is 130 cm³/mol. The summed E-state index contributed by atoms with van der Waals surface area (Å²) < 4.78 is 32.9. The number of aliphatic hydroxyl groups excluding tert-OH is 1. The summed E-state index contributed by atoms with van der Waals surface area (Å²) in [4.78, 5) is 14.3. The van der Waals surface area contributed by atoms with Crippen LogP contribution in [0.25, 0.3) is 0 Å². The van der Waals surface area contributed by atoms with E-state index in [1.807, 2.05) is 45.0 Å². The van der Waals surface area contributed by atoms with Gasteiger partial charge < -0.3 is 14.7 Å². The molecule has 1 aliphatic rings. The molecule has 3 aromatic carbocycles. The Morgan fingerprint density at radius 1 is 0.882 bits per heavy atom. The van der Waals surface area contributed by atoms with Crippen LogP contribution in [0.3, 0.4) is 0 Å². The van der Waals surface area contributed by atoms with Gasteiger partial charge in [0.05, 0.1) is 17.5 Å². The maximum absolute atomic E-state index is 13.7. The van der Waals surface area contributed by atoms with E-state index in [9.17, 15) is 18.3 Å². The fraction of sp³-hybridized carbons (Fsp3) is 0.222. The number of aryl methyl sites for hydroxylation is 2. The Labute approximate surface area is 200 Å². The molecule has 0 bridgehead atoms. The fourth-order valence-electron chi connectivity index (χ4n) is 4.05. The number of hydrogen-bond acceptors (Lipinski definition) is 5. The van der Waals surface area contributed by atoms with Gasteiger partial charge in [-0.2, -0.15) is 0 Å². The van der Waals surface area contributed by atoms with Crippen molar-refractivity contribution in [3.8, 4) is 5.75 Å². The van der Waals surface area contributed by atoms with Gasteiger partial charge in [-0.3, -0.25) is 4.79 Å². The van der Waals surface area contributed by atoms with Crippen LogP contribution in [0, 0.1) is 13.8 Å². The van der Waals surface area contributed by atoms with Crippen molar-refractivity contribution in [1.82, 2.24) is 4.90 Å². The van der Waals surface area contributed by atoms with Gasteiger partial charge in [-0.25, -0.2) is 8.42 Å². The fourth-order valence-corrected chi connectivity index (χ4v) is 5.69. The summed E-state index contributed by atoms with van der Waals surface area (Å²) in [5.74, 6) is -0.825. The Morgan fingerprint density at radius 3 is 2.00 bits per heavy atom. The number of benzene rings is 3. The average molecular weight is 478 g/mol. The first kappa shape index (κ1) is 23.6. The minimum absolute atomic E-state index is 0.0283. The summed E-state index contributed by atoms with van der Waals surface area (Å²) in [6.07, 6.45) is 0. The van der Waals surface area contributed by atoms with Crippen LogP contribution in [0.1, 0.15) is 35.2 Å². The van der Waals surface area contributed by atoms with Crippen molar-refractivity contribution in [1.29, 1.82) is 0 Å². The second-order valence-corrected chi connectivity index (χ2v) is 10.3. The lowest BCUT2D eigenvalue weighted by Crippen LogP contribution is -2.30. The van der Waals surface area contributed by atoms with Crippen LogP contribution >= 0.6 is 0 Å². The van der Waals surface area contributed by atoms with Gasteiger partial charge in [-0.1, -0.05) is 59.7 Å². The van der Waals surface area contributed by atoms with Crippen LogP contribution in [0.15, 0.2) is 88.4 Å². The highest BCUT2D eigenvalue weighted by Gasteiger charge is 2.46. The molecule has 0 aliphatic carbocycles. The molecule has 0 fully saturated rings. The van der Waals surface area contributed by atoms with E-state index in [2.05, 4.69) is 0 Å². The number of nitrogens with zero attached hydrogens (tertiary/aromatic N) is 1. The highest BCUT2D eigenvalue weighted by molar-refractivity contribution is 7.95. The Kier molecular flexibility index (Phi) is 6.48. The Hall–Kier alpha value is -3.58. The second-order valence-electron chi connectivity index (χ2n) is 8.35. The number of carbonyl (C=O) groups is 1. The molecule has 6 nitrogen and oxygen atoms in total. The van der Waals surface area contributed by atoms with Gasteiger partial charge >= 0.3 is 0 Å². The molecule has 1 aliphatic heterocycles. The molecule has 0 saturated carbocycles. The Morgan fingerprint density at radius 2 is 1.44 bits per heavy atom. The lowest BCUT2D eigenvalue weighted by atomic mass is 10.1. The zero-order valence-electron chi connectivity index (χ0n) is 19.4. The highest BCUT2D eigenvalue weighted by atomic mass is 32.2. The quantitative estimate of drug-likeness (QED) is 0.516. The smallest absolute Gasteiger partial charge is 0.290 e. The third-order valence-electron chi connectivity index (χ3n) is 5.86. The lowest BCUT2D eigenvalue weighted by Gasteiger charge is -2.27. The van der Waals surface area contributed by atoms with Crippen molar-refractivity contribution in [2.45, 2.75) is 38.3 Å². The van der Waals surface area contributed by atoms with Crippen molar-refractivity contribution in [2.75, 3.05) is 6.61 Å². The molecule has 176 valence electrons. The Bertz CT molecular complexity index is 1330. The summed E-state index contributed by atoms with van der Waals surface area (Å²) in [6.45, 7) is 6.34. The van der Waals surface area contributed by atoms with Crippen LogP contribution in [0.5, 0.6) is 5.75 Å². The van der Waals surface area contributed by atoms with E-state index in [0.29, 0.717) is 17.9 Å². The maximum Gasteiger partial charge on any atom is 0.290 e. The molecular formula is C27H27NO5S. The molecule has 1 amide bonds. The zero-order valence-corrected chi connectivity index (χ0v) is 20.2. The number of ether oxygens (including phenoxy) is 1. The molecule has 4 rings (SSSR count). The van der Waals surface area contributed by atoms with E-state index in [0.717, 1.165) is 16.7 Å². The first-order valence-electron chi connectivity index (χ1n) is 11.1. The molecule has 1 heterocycles. The predicted octanol–water partition coefficient (Wildman–Crippen LogP) is 5.03. The monoisotopic (exact) mass is 477 g/mol. The summed E-state index contributed by atoms with van der Waals surface area (Å²) in [5, 5.41) is 10.9. The molecule has 1 unspecified atom stereocenters. The molecular weight excluding hydrogens is 450 g/mol. The molecule has 34 heavy (non-hydrogen) atoms. The summed E-state index contributed by atoms with van der Waals surface area (Å²) in [6, 6.07) is 20.0. The van der Waals surface area contributed by atoms with Gasteiger partial charge in [0.15, 0.2) is 5.76 Å². The summed E-state index contributed by atoms with van der Waals surface area (Å²) >= 11 is 0. The van der Waals surface area contributed by atoms with Gasteiger partial charge in [-0.15, -0.1) is 0 Å². The number of rotatable bonds is 7. The first-order valence-corrected chi connectivity index (χ1v) is 12.5. The topological polar surface area (TPSA) is 83.9 Å². The number of hydrogen-bond donors (Lipinski definition) is 1. The molecule has 0 radical (unpaired) electrons. The lowest BCUT2D eigenvalue weighted by molar-refractivity contribution is -0.130. The minimum atomic E-state index is -4.15. The van der Waals surface area contributed by atoms with E-state index in [1.54, 1.807) is 36.4 Å². The summed E-state index contributed by atoms with van der Waals surface area (Å²) in [7, 11) is -4.15. The van der Waals surface area contributed by atoms with Crippen molar-refractivity contribution in [3.05, 3.63) is 106 Å². The number of carbonyl (C=O) groups excluding carboxylic acids is 1. The number of sulfone groups is 1. The van der Waals surface area contributed by atoms with Crippen LogP contribution in [-0.4, -0.2) is 30.9 Å². The highest BCUT2D eigenvalue weighted by Crippen LogP contribution is 2.43. The van der Waals surface area contributed by atoms with E-state index in [4.69, 9.17) is 4.74 Å². The van der Waals surface area contributed by atoms with Gasteiger partial charge in [-0.05, 0) is 56.2 Å². The van der Waals surface area contributed by atoms with E-state index in [-0.39, 0.29) is 16.3 Å². The standard InChI is InChI=1S/C27H27NO5S/c1-4-33-22-13-11-21(12-14-22)24-26(34(31,32)23-15-7-19(3)8-16-23)25(29)27(30)28(24)17-20-9-5-18(2)6-10-20/h5-16,24,29H,4,17H2,1-3H3. The molecule has 0 aromatic heterocycles. The normalized spacial score (nSPS) is 16.3. The van der Waals surface area contributed by atoms with Crippen molar-refractivity contribution < 1.29 is 23.1 Å². The van der Waals surface area contributed by atoms with Crippen molar-refractivity contribution in [3.63, 3.8) is 0 Å². The van der Waals surface area contributed by atoms with Crippen molar-refractivity contribution in [2.24, 2.45) is 0 Å².